The molecule has 0 aromatic carbocycles. The van der Waals surface area contributed by atoms with E-state index in [1.165, 1.54) is 75.7 Å². The lowest BCUT2D eigenvalue weighted by molar-refractivity contribution is 0.341. The smallest absolute Gasteiger partial charge is 0.127 e. The molecule has 3 fully saturated rings. The average molecular weight is 287 g/mol. The minimum Gasteiger partial charge on any atom is -0.384 e. The van der Waals surface area contributed by atoms with Crippen LogP contribution in [-0.2, 0) is 0 Å². The Kier molecular flexibility index (Phi) is 3.47. The summed E-state index contributed by atoms with van der Waals surface area (Å²) in [6.45, 7) is 2.39. The molecule has 3 aliphatic rings. The SMILES string of the molecule is CC1CCCC(c2nc(C3CCCC3)n(C3CC3)c2N)C1. The van der Waals surface area contributed by atoms with Crippen LogP contribution in [0.25, 0.3) is 0 Å². The lowest BCUT2D eigenvalue weighted by Gasteiger charge is -2.25. The first-order chi connectivity index (χ1) is 10.2. The van der Waals surface area contributed by atoms with Gasteiger partial charge in [0.2, 0.25) is 0 Å². The second kappa shape index (κ2) is 5.33. The second-order valence-corrected chi connectivity index (χ2v) is 7.79. The summed E-state index contributed by atoms with van der Waals surface area (Å²) in [5.74, 6) is 4.51. The molecule has 3 saturated carbocycles. The molecule has 0 aliphatic heterocycles. The predicted molar refractivity (Wildman–Crippen MR) is 86.5 cm³/mol. The van der Waals surface area contributed by atoms with Crippen LogP contribution in [0.3, 0.4) is 0 Å². The van der Waals surface area contributed by atoms with Crippen molar-refractivity contribution in [2.24, 2.45) is 5.92 Å². The third-order valence-electron chi connectivity index (χ3n) is 5.96. The molecular weight excluding hydrogens is 258 g/mol. The van der Waals surface area contributed by atoms with E-state index in [-0.39, 0.29) is 0 Å². The van der Waals surface area contributed by atoms with Gasteiger partial charge >= 0.3 is 0 Å². The Morgan fingerprint density at radius 3 is 2.33 bits per heavy atom. The quantitative estimate of drug-likeness (QED) is 0.871. The summed E-state index contributed by atoms with van der Waals surface area (Å²) in [5.41, 5.74) is 7.85. The van der Waals surface area contributed by atoms with Crippen molar-refractivity contribution in [3.8, 4) is 0 Å². The zero-order valence-electron chi connectivity index (χ0n) is 13.4. The highest BCUT2D eigenvalue weighted by atomic mass is 15.2. The molecule has 0 bridgehead atoms. The molecule has 3 heteroatoms. The summed E-state index contributed by atoms with van der Waals surface area (Å²) < 4.78 is 2.45. The van der Waals surface area contributed by atoms with Crippen molar-refractivity contribution in [2.75, 3.05) is 5.73 Å². The number of aromatic nitrogens is 2. The normalized spacial score (nSPS) is 30.9. The van der Waals surface area contributed by atoms with Gasteiger partial charge < -0.3 is 10.3 Å². The Balaban J connectivity index is 1.68. The highest BCUT2D eigenvalue weighted by Gasteiger charge is 2.35. The zero-order chi connectivity index (χ0) is 14.4. The minimum atomic E-state index is 0.619. The molecule has 2 atom stereocenters. The molecule has 2 unspecified atom stereocenters. The first kappa shape index (κ1) is 13.7. The maximum atomic E-state index is 6.59. The van der Waals surface area contributed by atoms with Gasteiger partial charge in [-0.1, -0.05) is 32.6 Å². The lowest BCUT2D eigenvalue weighted by Crippen LogP contribution is -2.14. The molecule has 116 valence electrons. The summed E-state index contributed by atoms with van der Waals surface area (Å²) >= 11 is 0. The molecule has 3 aliphatic carbocycles. The van der Waals surface area contributed by atoms with Crippen LogP contribution in [0, 0.1) is 5.92 Å². The topological polar surface area (TPSA) is 43.8 Å². The number of hydrogen-bond donors (Lipinski definition) is 1. The molecule has 3 nitrogen and oxygen atoms in total. The molecule has 1 aromatic rings. The van der Waals surface area contributed by atoms with E-state index >= 15 is 0 Å². The van der Waals surface area contributed by atoms with Gasteiger partial charge in [-0.15, -0.1) is 0 Å². The van der Waals surface area contributed by atoms with Crippen LogP contribution < -0.4 is 5.73 Å². The van der Waals surface area contributed by atoms with E-state index < -0.39 is 0 Å². The van der Waals surface area contributed by atoms with E-state index in [0.29, 0.717) is 17.9 Å². The van der Waals surface area contributed by atoms with Gasteiger partial charge in [0.15, 0.2) is 0 Å². The van der Waals surface area contributed by atoms with E-state index in [0.717, 1.165) is 11.7 Å². The molecule has 1 heterocycles. The van der Waals surface area contributed by atoms with Crippen LogP contribution in [0.2, 0.25) is 0 Å². The highest BCUT2D eigenvalue weighted by Crippen LogP contribution is 2.46. The zero-order valence-corrected chi connectivity index (χ0v) is 13.4. The van der Waals surface area contributed by atoms with Gasteiger partial charge in [0.1, 0.15) is 11.6 Å². The van der Waals surface area contributed by atoms with E-state index in [1.807, 2.05) is 0 Å². The van der Waals surface area contributed by atoms with Crippen LogP contribution in [0.4, 0.5) is 5.82 Å². The predicted octanol–water partition coefficient (Wildman–Crippen LogP) is 4.75. The van der Waals surface area contributed by atoms with Gasteiger partial charge in [-0.25, -0.2) is 4.98 Å². The molecule has 0 radical (unpaired) electrons. The van der Waals surface area contributed by atoms with E-state index in [4.69, 9.17) is 10.7 Å². The molecule has 0 saturated heterocycles. The van der Waals surface area contributed by atoms with Crippen LogP contribution >= 0.6 is 0 Å². The number of rotatable bonds is 3. The largest absolute Gasteiger partial charge is 0.384 e. The summed E-state index contributed by atoms with van der Waals surface area (Å²) in [6, 6.07) is 0.669. The second-order valence-electron chi connectivity index (χ2n) is 7.79. The Hall–Kier alpha value is -0.990. The van der Waals surface area contributed by atoms with Crippen LogP contribution in [-0.4, -0.2) is 9.55 Å². The third-order valence-corrected chi connectivity index (χ3v) is 5.96. The maximum Gasteiger partial charge on any atom is 0.127 e. The van der Waals surface area contributed by atoms with Crippen molar-refractivity contribution < 1.29 is 0 Å². The molecule has 4 rings (SSSR count). The van der Waals surface area contributed by atoms with Crippen molar-refractivity contribution in [1.29, 1.82) is 0 Å². The summed E-state index contributed by atoms with van der Waals surface area (Å²) in [6.07, 6.45) is 13.3. The van der Waals surface area contributed by atoms with Crippen LogP contribution in [0.15, 0.2) is 0 Å². The average Bonchev–Trinajstić information content (AvgIpc) is 3.04. The fraction of sp³-hybridized carbons (Fsp3) is 0.833. The van der Waals surface area contributed by atoms with Gasteiger partial charge in [0.25, 0.3) is 0 Å². The van der Waals surface area contributed by atoms with E-state index in [9.17, 15) is 0 Å². The summed E-state index contributed by atoms with van der Waals surface area (Å²) in [4.78, 5) is 5.15. The van der Waals surface area contributed by atoms with Gasteiger partial charge in [0.05, 0.1) is 5.69 Å². The van der Waals surface area contributed by atoms with Crippen molar-refractivity contribution in [3.05, 3.63) is 11.5 Å². The molecule has 21 heavy (non-hydrogen) atoms. The van der Waals surface area contributed by atoms with Gasteiger partial charge in [-0.2, -0.15) is 0 Å². The number of anilines is 1. The number of nitrogen functional groups attached to an aromatic ring is 1. The molecular formula is C18H29N3. The first-order valence-corrected chi connectivity index (χ1v) is 9.11. The first-order valence-electron chi connectivity index (χ1n) is 9.11. The van der Waals surface area contributed by atoms with Crippen molar-refractivity contribution in [1.82, 2.24) is 9.55 Å². The standard InChI is InChI=1S/C18H29N3/c1-12-5-4-8-14(11-12)16-17(19)21(15-9-10-15)18(20-16)13-6-2-3-7-13/h12-15H,2-11,19H2,1H3. The molecule has 0 amide bonds. The van der Waals surface area contributed by atoms with Crippen molar-refractivity contribution in [3.63, 3.8) is 0 Å². The number of hydrogen-bond acceptors (Lipinski definition) is 2. The summed E-state index contributed by atoms with van der Waals surface area (Å²) in [5, 5.41) is 0. The maximum absolute atomic E-state index is 6.59. The van der Waals surface area contributed by atoms with Gasteiger partial charge in [-0.3, -0.25) is 0 Å². The fourth-order valence-corrected chi connectivity index (χ4v) is 4.65. The monoisotopic (exact) mass is 287 g/mol. The fourth-order valence-electron chi connectivity index (χ4n) is 4.65. The number of nitrogens with zero attached hydrogens (tertiary/aromatic N) is 2. The lowest BCUT2D eigenvalue weighted by atomic mass is 9.81. The number of nitrogens with two attached hydrogens (primary N) is 1. The van der Waals surface area contributed by atoms with Crippen LogP contribution in [0.1, 0.15) is 101 Å². The molecule has 1 aromatic heterocycles. The molecule has 2 N–H and O–H groups in total. The Morgan fingerprint density at radius 2 is 1.67 bits per heavy atom. The van der Waals surface area contributed by atoms with Gasteiger partial charge in [-0.05, 0) is 44.4 Å². The van der Waals surface area contributed by atoms with Crippen LogP contribution in [0.5, 0.6) is 0 Å². The highest BCUT2D eigenvalue weighted by molar-refractivity contribution is 5.43. The van der Waals surface area contributed by atoms with Crippen molar-refractivity contribution >= 4 is 5.82 Å². The van der Waals surface area contributed by atoms with Gasteiger partial charge in [0, 0.05) is 17.9 Å². The Bertz CT molecular complexity index is 509. The Labute approximate surface area is 128 Å². The van der Waals surface area contributed by atoms with Crippen molar-refractivity contribution in [2.45, 2.75) is 89.0 Å². The Morgan fingerprint density at radius 1 is 0.952 bits per heavy atom. The van der Waals surface area contributed by atoms with E-state index in [1.54, 1.807) is 0 Å². The van der Waals surface area contributed by atoms with E-state index in [2.05, 4.69) is 11.5 Å². The number of imidazole rings is 1. The minimum absolute atomic E-state index is 0.619. The third kappa shape index (κ3) is 2.49. The summed E-state index contributed by atoms with van der Waals surface area (Å²) in [7, 11) is 0. The molecule has 0 spiro atoms.